The van der Waals surface area contributed by atoms with Gasteiger partial charge in [-0.15, -0.1) is 0 Å². The van der Waals surface area contributed by atoms with E-state index in [1.807, 2.05) is 6.20 Å². The van der Waals surface area contributed by atoms with Crippen LogP contribution in [0.2, 0.25) is 0 Å². The van der Waals surface area contributed by atoms with Crippen molar-refractivity contribution in [3.8, 4) is 11.3 Å². The molecule has 0 saturated carbocycles. The van der Waals surface area contributed by atoms with Crippen molar-refractivity contribution in [3.05, 3.63) is 91.1 Å². The summed E-state index contributed by atoms with van der Waals surface area (Å²) in [6.45, 7) is 0. The maximum absolute atomic E-state index is 3.46. The zero-order valence-corrected chi connectivity index (χ0v) is 13.2. The van der Waals surface area contributed by atoms with Gasteiger partial charge in [-0.05, 0) is 39.7 Å². The standard InChI is InChI=1S/C23H15N/c1-2-7-18-15-19(10-9-16(18)5-1)23-22-12-11-17-6-3-4-8-20(17)21(22)13-14-24-23/h1-15H/p+1. The predicted octanol–water partition coefficient (Wildman–Crippen LogP) is 5.63. The van der Waals surface area contributed by atoms with Crippen molar-refractivity contribution in [2.75, 3.05) is 0 Å². The van der Waals surface area contributed by atoms with Crippen molar-refractivity contribution in [2.45, 2.75) is 0 Å². The summed E-state index contributed by atoms with van der Waals surface area (Å²) in [4.78, 5) is 3.46. The van der Waals surface area contributed by atoms with Crippen LogP contribution in [-0.2, 0) is 0 Å². The molecule has 0 amide bonds. The van der Waals surface area contributed by atoms with Gasteiger partial charge in [-0.2, -0.15) is 0 Å². The summed E-state index contributed by atoms with van der Waals surface area (Å²) in [5.41, 5.74) is 2.39. The van der Waals surface area contributed by atoms with Crippen LogP contribution in [-0.4, -0.2) is 0 Å². The first-order chi connectivity index (χ1) is 11.9. The molecule has 0 spiro atoms. The van der Waals surface area contributed by atoms with Crippen LogP contribution < -0.4 is 4.98 Å². The fourth-order valence-electron chi connectivity index (χ4n) is 3.56. The zero-order valence-electron chi connectivity index (χ0n) is 13.2. The molecule has 0 aliphatic carbocycles. The van der Waals surface area contributed by atoms with Gasteiger partial charge in [-0.3, -0.25) is 0 Å². The largest absolute Gasteiger partial charge is 0.218 e. The number of fused-ring (bicyclic) bond motifs is 4. The number of H-pyrrole nitrogens is 1. The molecule has 112 valence electrons. The second-order valence-electron chi connectivity index (χ2n) is 6.16. The Kier molecular flexibility index (Phi) is 2.86. The highest BCUT2D eigenvalue weighted by molar-refractivity contribution is 6.10. The third-order valence-electron chi connectivity index (χ3n) is 4.76. The Morgan fingerprint density at radius 3 is 2.17 bits per heavy atom. The van der Waals surface area contributed by atoms with Crippen LogP contribution in [0.5, 0.6) is 0 Å². The predicted molar refractivity (Wildman–Crippen MR) is 101 cm³/mol. The molecule has 1 aromatic heterocycles. The summed E-state index contributed by atoms with van der Waals surface area (Å²) in [6, 6.07) is 30.3. The normalized spacial score (nSPS) is 11.3. The number of aromatic nitrogens is 1. The number of nitrogens with one attached hydrogen (secondary N) is 1. The summed E-state index contributed by atoms with van der Waals surface area (Å²) in [5.74, 6) is 0. The Morgan fingerprint density at radius 2 is 1.25 bits per heavy atom. The molecule has 0 aliphatic rings. The van der Waals surface area contributed by atoms with Crippen LogP contribution >= 0.6 is 0 Å². The molecule has 1 heteroatoms. The first kappa shape index (κ1) is 13.3. The molecule has 24 heavy (non-hydrogen) atoms. The topological polar surface area (TPSA) is 14.1 Å². The van der Waals surface area contributed by atoms with Crippen LogP contribution in [0.3, 0.4) is 0 Å². The minimum absolute atomic E-state index is 1.17. The van der Waals surface area contributed by atoms with Gasteiger partial charge in [0.05, 0.1) is 5.39 Å². The fourth-order valence-corrected chi connectivity index (χ4v) is 3.56. The maximum Gasteiger partial charge on any atom is 0.218 e. The van der Waals surface area contributed by atoms with Gasteiger partial charge in [-0.1, -0.05) is 60.7 Å². The van der Waals surface area contributed by atoms with Crippen LogP contribution in [0.25, 0.3) is 43.6 Å². The molecule has 4 aromatic carbocycles. The number of rotatable bonds is 1. The van der Waals surface area contributed by atoms with Crippen molar-refractivity contribution >= 4 is 32.3 Å². The van der Waals surface area contributed by atoms with Crippen LogP contribution in [0, 0.1) is 0 Å². The van der Waals surface area contributed by atoms with Crippen molar-refractivity contribution in [1.82, 2.24) is 0 Å². The quantitative estimate of drug-likeness (QED) is 0.356. The first-order valence-corrected chi connectivity index (χ1v) is 8.21. The van der Waals surface area contributed by atoms with Crippen LogP contribution in [0.1, 0.15) is 0 Å². The van der Waals surface area contributed by atoms with Crippen LogP contribution in [0.4, 0.5) is 0 Å². The Bertz CT molecular complexity index is 1200. The van der Waals surface area contributed by atoms with Gasteiger partial charge in [0.2, 0.25) is 5.69 Å². The Labute approximate surface area is 140 Å². The summed E-state index contributed by atoms with van der Waals surface area (Å²) >= 11 is 0. The van der Waals surface area contributed by atoms with Gasteiger partial charge in [-0.25, -0.2) is 4.98 Å². The molecule has 1 heterocycles. The number of hydrogen-bond donors (Lipinski definition) is 0. The highest BCUT2D eigenvalue weighted by Crippen LogP contribution is 2.31. The van der Waals surface area contributed by atoms with E-state index >= 15 is 0 Å². The third kappa shape index (κ3) is 1.99. The number of aromatic amines is 1. The van der Waals surface area contributed by atoms with Crippen LogP contribution in [0.15, 0.2) is 91.1 Å². The lowest BCUT2D eigenvalue weighted by Crippen LogP contribution is -2.06. The van der Waals surface area contributed by atoms with Gasteiger partial charge in [0, 0.05) is 17.0 Å². The van der Waals surface area contributed by atoms with Gasteiger partial charge in [0.25, 0.3) is 0 Å². The monoisotopic (exact) mass is 306 g/mol. The Balaban J connectivity index is 1.83. The van der Waals surface area contributed by atoms with E-state index in [4.69, 9.17) is 0 Å². The van der Waals surface area contributed by atoms with E-state index in [-0.39, 0.29) is 0 Å². The molecule has 0 bridgehead atoms. The van der Waals surface area contributed by atoms with E-state index in [1.54, 1.807) is 0 Å². The Hall–Kier alpha value is -3.19. The smallest absolute Gasteiger partial charge is 0.211 e. The lowest BCUT2D eigenvalue weighted by Gasteiger charge is -2.06. The van der Waals surface area contributed by atoms with E-state index in [9.17, 15) is 0 Å². The summed E-state index contributed by atoms with van der Waals surface area (Å²) < 4.78 is 0. The SMILES string of the molecule is c1ccc2cc(-c3[nH+]ccc4c3ccc3ccccc34)ccc2c1. The van der Waals surface area contributed by atoms with Gasteiger partial charge < -0.3 is 0 Å². The van der Waals surface area contributed by atoms with Gasteiger partial charge >= 0.3 is 0 Å². The van der Waals surface area contributed by atoms with Gasteiger partial charge in [0.15, 0.2) is 6.20 Å². The van der Waals surface area contributed by atoms with Crippen molar-refractivity contribution < 1.29 is 4.98 Å². The van der Waals surface area contributed by atoms with Gasteiger partial charge in [0.1, 0.15) is 0 Å². The third-order valence-corrected chi connectivity index (χ3v) is 4.76. The molecule has 0 unspecified atom stereocenters. The summed E-state index contributed by atoms with van der Waals surface area (Å²) in [7, 11) is 0. The first-order valence-electron chi connectivity index (χ1n) is 8.21. The molecule has 0 fully saturated rings. The van der Waals surface area contributed by atoms with E-state index in [0.717, 1.165) is 0 Å². The molecule has 0 atom stereocenters. The lowest BCUT2D eigenvalue weighted by molar-refractivity contribution is -0.362. The molecule has 0 aliphatic heterocycles. The highest BCUT2D eigenvalue weighted by Gasteiger charge is 2.13. The molecule has 5 rings (SSSR count). The lowest BCUT2D eigenvalue weighted by atomic mass is 9.97. The zero-order chi connectivity index (χ0) is 15.9. The Morgan fingerprint density at radius 1 is 0.500 bits per heavy atom. The summed E-state index contributed by atoms with van der Waals surface area (Å²) in [5, 5.41) is 7.65. The number of hydrogen-bond acceptors (Lipinski definition) is 0. The summed E-state index contributed by atoms with van der Waals surface area (Å²) in [6.07, 6.45) is 2.04. The average molecular weight is 306 g/mol. The number of benzene rings is 4. The molecule has 1 N–H and O–H groups in total. The van der Waals surface area contributed by atoms with E-state index < -0.39 is 0 Å². The maximum atomic E-state index is 3.46. The van der Waals surface area contributed by atoms with E-state index in [1.165, 1.54) is 43.6 Å². The second-order valence-corrected chi connectivity index (χ2v) is 6.16. The molecular formula is C23H16N+. The number of pyridine rings is 1. The van der Waals surface area contributed by atoms with Crippen molar-refractivity contribution in [2.24, 2.45) is 0 Å². The molecule has 1 nitrogen and oxygen atoms in total. The molecular weight excluding hydrogens is 290 g/mol. The van der Waals surface area contributed by atoms with Crippen molar-refractivity contribution in [3.63, 3.8) is 0 Å². The molecule has 0 saturated heterocycles. The molecule has 5 aromatic rings. The average Bonchev–Trinajstić information content (AvgIpc) is 2.67. The minimum Gasteiger partial charge on any atom is -0.211 e. The second kappa shape index (κ2) is 5.17. The van der Waals surface area contributed by atoms with E-state index in [2.05, 4.69) is 89.9 Å². The minimum atomic E-state index is 1.17. The fraction of sp³-hybridized carbons (Fsp3) is 0. The van der Waals surface area contributed by atoms with Crippen molar-refractivity contribution in [1.29, 1.82) is 0 Å². The molecule has 0 radical (unpaired) electrons. The van der Waals surface area contributed by atoms with E-state index in [0.29, 0.717) is 0 Å². The highest BCUT2D eigenvalue weighted by atomic mass is 14.7.